The Labute approximate surface area is 210 Å². The minimum Gasteiger partial charge on any atom is -0.497 e. The molecule has 0 N–H and O–H groups in total. The van der Waals surface area contributed by atoms with E-state index in [0.29, 0.717) is 12.1 Å². The van der Waals surface area contributed by atoms with E-state index < -0.39 is 0 Å². The molecule has 5 rings (SSSR count). The quantitative estimate of drug-likeness (QED) is 0.522. The number of benzene rings is 2. The molecule has 3 aliphatic rings. The van der Waals surface area contributed by atoms with Gasteiger partial charge in [-0.1, -0.05) is 43.2 Å². The van der Waals surface area contributed by atoms with Crippen LogP contribution in [0.4, 0.5) is 0 Å². The molecule has 2 aromatic rings. The Balaban J connectivity index is 1.42. The molecular weight excluding hydrogens is 434 g/mol. The Kier molecular flexibility index (Phi) is 7.54. The number of ether oxygens (including phenoxy) is 1. The highest BCUT2D eigenvalue weighted by atomic mass is 16.5. The van der Waals surface area contributed by atoms with E-state index in [1.807, 2.05) is 29.2 Å². The number of rotatable bonds is 7. The highest BCUT2D eigenvalue weighted by Gasteiger charge is 2.41. The molecule has 3 saturated heterocycles. The maximum atomic E-state index is 13.2. The maximum absolute atomic E-state index is 13.2. The summed E-state index contributed by atoms with van der Waals surface area (Å²) >= 11 is 0. The molecule has 2 aromatic carbocycles. The van der Waals surface area contributed by atoms with Crippen LogP contribution in [-0.2, 0) is 0 Å². The molecule has 0 spiro atoms. The van der Waals surface area contributed by atoms with Crippen molar-refractivity contribution in [2.24, 2.45) is 0 Å². The van der Waals surface area contributed by atoms with Gasteiger partial charge in [0, 0.05) is 50.4 Å². The number of fused-ring (bicyclic) bond motifs is 2. The number of amides is 1. The number of methoxy groups -OCH3 is 1. The van der Waals surface area contributed by atoms with Crippen molar-refractivity contribution in [1.82, 2.24) is 14.7 Å². The fourth-order valence-electron chi connectivity index (χ4n) is 6.37. The average molecular weight is 474 g/mol. The number of carbonyl (C=O) groups is 1. The zero-order valence-electron chi connectivity index (χ0n) is 21.1. The summed E-state index contributed by atoms with van der Waals surface area (Å²) in [5.74, 6) is 1.06. The van der Waals surface area contributed by atoms with Gasteiger partial charge in [0.05, 0.1) is 13.2 Å². The Morgan fingerprint density at radius 3 is 2.31 bits per heavy atom. The van der Waals surface area contributed by atoms with E-state index in [9.17, 15) is 4.79 Å². The van der Waals surface area contributed by atoms with Gasteiger partial charge in [-0.25, -0.2) is 0 Å². The summed E-state index contributed by atoms with van der Waals surface area (Å²) in [4.78, 5) is 20.5. The highest BCUT2D eigenvalue weighted by molar-refractivity contribution is 5.94. The van der Waals surface area contributed by atoms with Gasteiger partial charge in [-0.3, -0.25) is 14.6 Å². The van der Waals surface area contributed by atoms with Crippen LogP contribution in [0.2, 0.25) is 0 Å². The van der Waals surface area contributed by atoms with Crippen LogP contribution < -0.4 is 4.74 Å². The van der Waals surface area contributed by atoms with Crippen LogP contribution >= 0.6 is 0 Å². The number of likely N-dealkylation sites (tertiary alicyclic amines) is 2. The van der Waals surface area contributed by atoms with Crippen molar-refractivity contribution in [2.75, 3.05) is 39.8 Å². The van der Waals surface area contributed by atoms with Gasteiger partial charge in [0.25, 0.3) is 5.91 Å². The lowest BCUT2D eigenvalue weighted by atomic mass is 9.94. The van der Waals surface area contributed by atoms with Gasteiger partial charge >= 0.3 is 0 Å². The lowest BCUT2D eigenvalue weighted by Crippen LogP contribution is -2.54. The number of hydrogen-bond donors (Lipinski definition) is 0. The molecule has 0 saturated carbocycles. The summed E-state index contributed by atoms with van der Waals surface area (Å²) in [6.45, 7) is 8.80. The van der Waals surface area contributed by atoms with Crippen molar-refractivity contribution in [3.63, 3.8) is 0 Å². The van der Waals surface area contributed by atoms with Gasteiger partial charge in [-0.05, 0) is 61.1 Å². The molecule has 5 nitrogen and oxygen atoms in total. The van der Waals surface area contributed by atoms with Crippen molar-refractivity contribution < 1.29 is 9.53 Å². The zero-order chi connectivity index (χ0) is 24.2. The van der Waals surface area contributed by atoms with Crippen molar-refractivity contribution in [3.05, 3.63) is 77.9 Å². The van der Waals surface area contributed by atoms with Crippen molar-refractivity contribution in [3.8, 4) is 5.75 Å². The van der Waals surface area contributed by atoms with Gasteiger partial charge in [0.15, 0.2) is 0 Å². The van der Waals surface area contributed by atoms with Crippen molar-refractivity contribution >= 4 is 5.91 Å². The third-order valence-electron chi connectivity index (χ3n) is 8.14. The molecule has 3 unspecified atom stereocenters. The predicted molar refractivity (Wildman–Crippen MR) is 141 cm³/mol. The second kappa shape index (κ2) is 11.0. The zero-order valence-corrected chi connectivity index (χ0v) is 21.1. The van der Waals surface area contributed by atoms with Crippen LogP contribution in [0.5, 0.6) is 5.75 Å². The average Bonchev–Trinajstić information content (AvgIpc) is 3.09. The summed E-state index contributed by atoms with van der Waals surface area (Å²) in [6.07, 6.45) is 9.23. The van der Waals surface area contributed by atoms with Crippen LogP contribution in [0.1, 0.15) is 66.1 Å². The van der Waals surface area contributed by atoms with E-state index in [1.165, 1.54) is 36.8 Å². The number of piperazine rings is 1. The standard InChI is InChI=1S/C30H39N3O2/c1-3-17-33-26-15-16-27(33)22-32(21-26)29(25-9-8-10-28(20-25)35-2)23-11-13-24(14-12-23)30(34)31-18-6-4-5-7-19-31/h3,8-14,20,26-27,29H,1,4-7,15-19,21-22H2,2H3. The first kappa shape index (κ1) is 24.1. The SMILES string of the molecule is C=CCN1C2CCC1CN(C(c1ccc(C(=O)N3CCCCCC3)cc1)c1cccc(OC)c1)C2. The van der Waals surface area contributed by atoms with Crippen LogP contribution in [0.25, 0.3) is 0 Å². The van der Waals surface area contributed by atoms with E-state index in [0.717, 1.165) is 56.9 Å². The van der Waals surface area contributed by atoms with Gasteiger partial charge in [-0.2, -0.15) is 0 Å². The molecule has 3 heterocycles. The normalized spacial score (nSPS) is 24.1. The predicted octanol–water partition coefficient (Wildman–Crippen LogP) is 5.14. The van der Waals surface area contributed by atoms with E-state index in [1.54, 1.807) is 7.11 Å². The van der Waals surface area contributed by atoms with Crippen LogP contribution in [-0.4, -0.2) is 72.5 Å². The van der Waals surface area contributed by atoms with E-state index >= 15 is 0 Å². The fraction of sp³-hybridized carbons (Fsp3) is 0.500. The monoisotopic (exact) mass is 473 g/mol. The van der Waals surface area contributed by atoms with Crippen LogP contribution in [0.15, 0.2) is 61.2 Å². The van der Waals surface area contributed by atoms with E-state index in [2.05, 4.69) is 46.7 Å². The molecule has 3 aliphatic heterocycles. The number of carbonyl (C=O) groups excluding carboxylic acids is 1. The molecule has 1 amide bonds. The number of hydrogen-bond acceptors (Lipinski definition) is 4. The summed E-state index contributed by atoms with van der Waals surface area (Å²) in [5.41, 5.74) is 3.28. The number of nitrogens with zero attached hydrogens (tertiary/aromatic N) is 3. The van der Waals surface area contributed by atoms with Gasteiger partial charge in [0.2, 0.25) is 0 Å². The first-order chi connectivity index (χ1) is 17.2. The maximum Gasteiger partial charge on any atom is 0.253 e. The summed E-state index contributed by atoms with van der Waals surface area (Å²) < 4.78 is 5.57. The van der Waals surface area contributed by atoms with Crippen molar-refractivity contribution in [2.45, 2.75) is 56.7 Å². The molecule has 0 radical (unpaired) electrons. The smallest absolute Gasteiger partial charge is 0.253 e. The summed E-state index contributed by atoms with van der Waals surface area (Å²) in [7, 11) is 1.73. The molecule has 3 fully saturated rings. The van der Waals surface area contributed by atoms with Crippen LogP contribution in [0.3, 0.4) is 0 Å². The second-order valence-corrected chi connectivity index (χ2v) is 10.3. The van der Waals surface area contributed by atoms with Gasteiger partial charge < -0.3 is 9.64 Å². The van der Waals surface area contributed by atoms with Gasteiger partial charge in [-0.15, -0.1) is 6.58 Å². The Morgan fingerprint density at radius 2 is 1.69 bits per heavy atom. The minimum absolute atomic E-state index is 0.140. The highest BCUT2D eigenvalue weighted by Crippen LogP contribution is 2.38. The molecule has 0 aromatic heterocycles. The fourth-order valence-corrected chi connectivity index (χ4v) is 6.37. The topological polar surface area (TPSA) is 36.0 Å². The lowest BCUT2D eigenvalue weighted by molar-refractivity contribution is 0.0582. The third kappa shape index (κ3) is 5.17. The molecule has 2 bridgehead atoms. The largest absolute Gasteiger partial charge is 0.497 e. The Hall–Kier alpha value is -2.63. The molecule has 35 heavy (non-hydrogen) atoms. The molecule has 186 valence electrons. The second-order valence-electron chi connectivity index (χ2n) is 10.3. The minimum atomic E-state index is 0.140. The van der Waals surface area contributed by atoms with Gasteiger partial charge in [0.1, 0.15) is 5.75 Å². The lowest BCUT2D eigenvalue weighted by Gasteiger charge is -2.44. The summed E-state index contributed by atoms with van der Waals surface area (Å²) in [5, 5.41) is 0. The molecule has 3 atom stereocenters. The first-order valence-electron chi connectivity index (χ1n) is 13.3. The van der Waals surface area contributed by atoms with Crippen molar-refractivity contribution in [1.29, 1.82) is 0 Å². The Bertz CT molecular complexity index is 999. The molecule has 5 heteroatoms. The van der Waals surface area contributed by atoms with E-state index in [-0.39, 0.29) is 11.9 Å². The van der Waals surface area contributed by atoms with E-state index in [4.69, 9.17) is 4.74 Å². The molecule has 0 aliphatic carbocycles. The molecular formula is C30H39N3O2. The third-order valence-corrected chi connectivity index (χ3v) is 8.14. The van der Waals surface area contributed by atoms with Crippen LogP contribution in [0, 0.1) is 0 Å². The summed E-state index contributed by atoms with van der Waals surface area (Å²) in [6, 6.07) is 18.2. The Morgan fingerprint density at radius 1 is 1.00 bits per heavy atom. The first-order valence-corrected chi connectivity index (χ1v) is 13.3.